The van der Waals surface area contributed by atoms with Crippen LogP contribution in [0.25, 0.3) is 0 Å². The standard InChI is InChI=1S/C20H23BrN2O2/c21-18-12-10-16(11-13-18)6-4-5-9-19(24)23-15-20(25)22-14-17-7-2-1-3-8-17/h1-3,7-8,10-13H,4-6,9,14-15H2,(H,22,25)(H,23,24). The summed E-state index contributed by atoms with van der Waals surface area (Å²) in [5, 5.41) is 5.46. The lowest BCUT2D eigenvalue weighted by Crippen LogP contribution is -2.36. The number of carbonyl (C=O) groups is 2. The van der Waals surface area contributed by atoms with Crippen molar-refractivity contribution in [3.8, 4) is 0 Å². The van der Waals surface area contributed by atoms with Gasteiger partial charge in [-0.25, -0.2) is 0 Å². The molecule has 0 radical (unpaired) electrons. The summed E-state index contributed by atoms with van der Waals surface area (Å²) >= 11 is 3.41. The maximum absolute atomic E-state index is 11.8. The Morgan fingerprint density at radius 2 is 1.52 bits per heavy atom. The molecule has 0 spiro atoms. The van der Waals surface area contributed by atoms with Crippen LogP contribution in [0.15, 0.2) is 59.1 Å². The van der Waals surface area contributed by atoms with E-state index in [1.807, 2.05) is 42.5 Å². The van der Waals surface area contributed by atoms with Gasteiger partial charge in [0.1, 0.15) is 0 Å². The third-order valence-electron chi connectivity index (χ3n) is 3.81. The number of amides is 2. The number of carbonyl (C=O) groups excluding carboxylic acids is 2. The lowest BCUT2D eigenvalue weighted by Gasteiger charge is -2.07. The van der Waals surface area contributed by atoms with E-state index in [0.29, 0.717) is 13.0 Å². The molecule has 0 aliphatic heterocycles. The van der Waals surface area contributed by atoms with Gasteiger partial charge in [-0.2, -0.15) is 0 Å². The average Bonchev–Trinajstić information content (AvgIpc) is 2.64. The number of rotatable bonds is 9. The van der Waals surface area contributed by atoms with Gasteiger partial charge < -0.3 is 10.6 Å². The molecule has 4 nitrogen and oxygen atoms in total. The number of unbranched alkanes of at least 4 members (excludes halogenated alkanes) is 1. The zero-order chi connectivity index (χ0) is 17.9. The second-order valence-corrected chi connectivity index (χ2v) is 6.79. The van der Waals surface area contributed by atoms with Gasteiger partial charge >= 0.3 is 0 Å². The second-order valence-electron chi connectivity index (χ2n) is 5.87. The fourth-order valence-electron chi connectivity index (χ4n) is 2.39. The zero-order valence-electron chi connectivity index (χ0n) is 14.1. The molecule has 0 aliphatic carbocycles. The molecule has 0 unspecified atom stereocenters. The molecule has 0 aliphatic rings. The quantitative estimate of drug-likeness (QED) is 0.629. The predicted octanol–water partition coefficient (Wildman–Crippen LogP) is 3.59. The topological polar surface area (TPSA) is 58.2 Å². The van der Waals surface area contributed by atoms with Crippen LogP contribution >= 0.6 is 15.9 Å². The maximum atomic E-state index is 11.8. The van der Waals surface area contributed by atoms with Crippen molar-refractivity contribution >= 4 is 27.7 Å². The van der Waals surface area contributed by atoms with Gasteiger partial charge in [0.05, 0.1) is 6.54 Å². The van der Waals surface area contributed by atoms with Crippen LogP contribution in [0.4, 0.5) is 0 Å². The van der Waals surface area contributed by atoms with Gasteiger partial charge in [0.15, 0.2) is 0 Å². The van der Waals surface area contributed by atoms with Gasteiger partial charge in [0, 0.05) is 17.4 Å². The molecular formula is C20H23BrN2O2. The van der Waals surface area contributed by atoms with Crippen molar-refractivity contribution < 1.29 is 9.59 Å². The van der Waals surface area contributed by atoms with Crippen LogP contribution in [-0.4, -0.2) is 18.4 Å². The maximum Gasteiger partial charge on any atom is 0.239 e. The van der Waals surface area contributed by atoms with Crippen molar-refractivity contribution in [1.82, 2.24) is 10.6 Å². The average molecular weight is 403 g/mol. The van der Waals surface area contributed by atoms with Crippen LogP contribution in [0.1, 0.15) is 30.4 Å². The number of aryl methyl sites for hydroxylation is 1. The van der Waals surface area contributed by atoms with Crippen LogP contribution < -0.4 is 10.6 Å². The molecule has 2 N–H and O–H groups in total. The van der Waals surface area contributed by atoms with E-state index in [-0.39, 0.29) is 18.4 Å². The van der Waals surface area contributed by atoms with E-state index in [2.05, 4.69) is 38.7 Å². The molecule has 0 aromatic heterocycles. The van der Waals surface area contributed by atoms with E-state index >= 15 is 0 Å². The number of hydrogen-bond acceptors (Lipinski definition) is 2. The highest BCUT2D eigenvalue weighted by Crippen LogP contribution is 2.12. The first-order chi connectivity index (χ1) is 12.1. The highest BCUT2D eigenvalue weighted by Gasteiger charge is 2.05. The molecule has 0 fully saturated rings. The summed E-state index contributed by atoms with van der Waals surface area (Å²) in [6, 6.07) is 17.9. The van der Waals surface area contributed by atoms with Crippen molar-refractivity contribution in [2.45, 2.75) is 32.2 Å². The monoisotopic (exact) mass is 402 g/mol. The number of halogens is 1. The number of nitrogens with one attached hydrogen (secondary N) is 2. The van der Waals surface area contributed by atoms with Gasteiger partial charge in [-0.1, -0.05) is 58.4 Å². The fraction of sp³-hybridized carbons (Fsp3) is 0.300. The van der Waals surface area contributed by atoms with Gasteiger partial charge in [-0.3, -0.25) is 9.59 Å². The molecule has 2 rings (SSSR count). The molecule has 0 saturated carbocycles. The summed E-state index contributed by atoms with van der Waals surface area (Å²) in [5.74, 6) is -0.252. The molecule has 2 aromatic rings. The van der Waals surface area contributed by atoms with E-state index in [1.54, 1.807) is 0 Å². The van der Waals surface area contributed by atoms with Crippen LogP contribution in [-0.2, 0) is 22.6 Å². The largest absolute Gasteiger partial charge is 0.350 e. The Bertz CT molecular complexity index is 672. The highest BCUT2D eigenvalue weighted by atomic mass is 79.9. The fourth-order valence-corrected chi connectivity index (χ4v) is 2.66. The van der Waals surface area contributed by atoms with Crippen LogP contribution in [0.3, 0.4) is 0 Å². The summed E-state index contributed by atoms with van der Waals surface area (Å²) in [5.41, 5.74) is 2.30. The van der Waals surface area contributed by atoms with Gasteiger partial charge in [0.25, 0.3) is 0 Å². The molecule has 132 valence electrons. The van der Waals surface area contributed by atoms with Crippen molar-refractivity contribution in [2.75, 3.05) is 6.54 Å². The van der Waals surface area contributed by atoms with Crippen molar-refractivity contribution in [1.29, 1.82) is 0 Å². The lowest BCUT2D eigenvalue weighted by molar-refractivity contribution is -0.126. The zero-order valence-corrected chi connectivity index (χ0v) is 15.7. The summed E-state index contributed by atoms with van der Waals surface area (Å²) in [4.78, 5) is 23.5. The highest BCUT2D eigenvalue weighted by molar-refractivity contribution is 9.10. The summed E-state index contributed by atoms with van der Waals surface area (Å²) in [6.07, 6.45) is 3.17. The van der Waals surface area contributed by atoms with Crippen molar-refractivity contribution in [2.24, 2.45) is 0 Å². The van der Waals surface area contributed by atoms with Crippen LogP contribution in [0.2, 0.25) is 0 Å². The lowest BCUT2D eigenvalue weighted by atomic mass is 10.1. The Hall–Kier alpha value is -2.14. The van der Waals surface area contributed by atoms with E-state index in [4.69, 9.17) is 0 Å². The number of benzene rings is 2. The smallest absolute Gasteiger partial charge is 0.239 e. The van der Waals surface area contributed by atoms with Crippen molar-refractivity contribution in [3.05, 3.63) is 70.2 Å². The minimum absolute atomic E-state index is 0.0262. The minimum atomic E-state index is -0.174. The minimum Gasteiger partial charge on any atom is -0.350 e. The van der Waals surface area contributed by atoms with Crippen molar-refractivity contribution in [3.63, 3.8) is 0 Å². The Labute approximate surface area is 157 Å². The summed E-state index contributed by atoms with van der Waals surface area (Å²) in [6.45, 7) is 0.501. The SMILES string of the molecule is O=C(CCCCc1ccc(Br)cc1)NCC(=O)NCc1ccccc1. The van der Waals surface area contributed by atoms with E-state index < -0.39 is 0 Å². The molecule has 0 heterocycles. The molecule has 25 heavy (non-hydrogen) atoms. The van der Waals surface area contributed by atoms with Crippen LogP contribution in [0, 0.1) is 0 Å². The second kappa shape index (κ2) is 10.7. The first-order valence-corrected chi connectivity index (χ1v) is 9.24. The van der Waals surface area contributed by atoms with Gasteiger partial charge in [-0.05, 0) is 42.5 Å². The Morgan fingerprint density at radius 1 is 0.800 bits per heavy atom. The Kier molecular flexibility index (Phi) is 8.19. The van der Waals surface area contributed by atoms with E-state index in [9.17, 15) is 9.59 Å². The first-order valence-electron chi connectivity index (χ1n) is 8.45. The van der Waals surface area contributed by atoms with Gasteiger partial charge in [0.2, 0.25) is 11.8 Å². The molecular weight excluding hydrogens is 380 g/mol. The van der Waals surface area contributed by atoms with E-state index in [1.165, 1.54) is 5.56 Å². The molecule has 0 saturated heterocycles. The third kappa shape index (κ3) is 7.98. The predicted molar refractivity (Wildman–Crippen MR) is 103 cm³/mol. The summed E-state index contributed by atoms with van der Waals surface area (Å²) < 4.78 is 1.07. The molecule has 5 heteroatoms. The van der Waals surface area contributed by atoms with Gasteiger partial charge in [-0.15, -0.1) is 0 Å². The molecule has 0 bridgehead atoms. The van der Waals surface area contributed by atoms with E-state index in [0.717, 1.165) is 29.3 Å². The Balaban J connectivity index is 1.54. The molecule has 2 amide bonds. The normalized spacial score (nSPS) is 10.3. The number of hydrogen-bond donors (Lipinski definition) is 2. The Morgan fingerprint density at radius 3 is 2.24 bits per heavy atom. The first kappa shape index (κ1) is 19.2. The third-order valence-corrected chi connectivity index (χ3v) is 4.34. The summed E-state index contributed by atoms with van der Waals surface area (Å²) in [7, 11) is 0. The van der Waals surface area contributed by atoms with Crippen LogP contribution in [0.5, 0.6) is 0 Å². The molecule has 0 atom stereocenters. The molecule has 2 aromatic carbocycles.